The monoisotopic (exact) mass is 195 g/mol. The highest BCUT2D eigenvalue weighted by molar-refractivity contribution is 5.12. The van der Waals surface area contributed by atoms with Crippen LogP contribution in [0.4, 0.5) is 0 Å². The molecule has 0 aliphatic carbocycles. The Bertz CT molecular complexity index is 332. The predicted molar refractivity (Wildman–Crippen MR) is 55.2 cm³/mol. The molecule has 0 amide bonds. The summed E-state index contributed by atoms with van der Waals surface area (Å²) in [6, 6.07) is 0. The minimum atomic E-state index is -0.0889. The fraction of sp³-hybridized carbons (Fsp3) is 0.700. The van der Waals surface area contributed by atoms with E-state index in [2.05, 4.69) is 22.3 Å². The fourth-order valence-electron chi connectivity index (χ4n) is 1.46. The first-order valence-electron chi connectivity index (χ1n) is 5.16. The number of nitrogens with one attached hydrogen (secondary N) is 1. The molecule has 0 atom stereocenters. The molecule has 4 heteroatoms. The highest BCUT2D eigenvalue weighted by Crippen LogP contribution is 2.05. The van der Waals surface area contributed by atoms with Crippen LogP contribution in [-0.4, -0.2) is 15.4 Å². The molecule has 0 saturated carbocycles. The van der Waals surface area contributed by atoms with Gasteiger partial charge in [-0.15, -0.1) is 5.10 Å². The van der Waals surface area contributed by atoms with Gasteiger partial charge in [-0.05, 0) is 19.8 Å². The van der Waals surface area contributed by atoms with E-state index in [9.17, 15) is 4.79 Å². The van der Waals surface area contributed by atoms with Crippen molar-refractivity contribution >= 4 is 0 Å². The normalized spacial score (nSPS) is 10.4. The summed E-state index contributed by atoms with van der Waals surface area (Å²) in [6.07, 6.45) is 5.50. The Labute approximate surface area is 83.7 Å². The van der Waals surface area contributed by atoms with Crippen LogP contribution in [0, 0.1) is 6.92 Å². The highest BCUT2D eigenvalue weighted by Gasteiger charge is 2.04. The van der Waals surface area contributed by atoms with Crippen LogP contribution in [0.5, 0.6) is 0 Å². The smallest absolute Gasteiger partial charge is 0.268 e. The standard InChI is InChI=1S/C10H17N3O/c1-3-4-5-6-7-9-8(2)11-13-12-10(9)14/h3-7H2,1-2H3,(H,11,12,14). The van der Waals surface area contributed by atoms with Gasteiger partial charge in [-0.3, -0.25) is 4.79 Å². The van der Waals surface area contributed by atoms with Crippen molar-refractivity contribution < 1.29 is 0 Å². The van der Waals surface area contributed by atoms with Gasteiger partial charge >= 0.3 is 0 Å². The van der Waals surface area contributed by atoms with Crippen LogP contribution < -0.4 is 5.56 Å². The number of nitrogens with zero attached hydrogens (tertiary/aromatic N) is 2. The van der Waals surface area contributed by atoms with Crippen molar-refractivity contribution in [3.63, 3.8) is 0 Å². The number of aryl methyl sites for hydroxylation is 1. The third kappa shape index (κ3) is 2.94. The summed E-state index contributed by atoms with van der Waals surface area (Å²) in [5.41, 5.74) is 1.45. The minimum absolute atomic E-state index is 0.0889. The summed E-state index contributed by atoms with van der Waals surface area (Å²) >= 11 is 0. The van der Waals surface area contributed by atoms with E-state index in [1.165, 1.54) is 19.3 Å². The molecular formula is C10H17N3O. The first-order valence-corrected chi connectivity index (χ1v) is 5.16. The third-order valence-corrected chi connectivity index (χ3v) is 2.34. The van der Waals surface area contributed by atoms with Gasteiger partial charge in [0.2, 0.25) is 0 Å². The highest BCUT2D eigenvalue weighted by atomic mass is 16.1. The number of aromatic amines is 1. The lowest BCUT2D eigenvalue weighted by atomic mass is 10.1. The molecule has 0 aliphatic heterocycles. The van der Waals surface area contributed by atoms with Gasteiger partial charge in [-0.1, -0.05) is 31.4 Å². The van der Waals surface area contributed by atoms with Crippen molar-refractivity contribution in [2.75, 3.05) is 0 Å². The third-order valence-electron chi connectivity index (χ3n) is 2.34. The number of hydrogen-bond acceptors (Lipinski definition) is 3. The zero-order chi connectivity index (χ0) is 10.4. The Balaban J connectivity index is 2.54. The van der Waals surface area contributed by atoms with Gasteiger partial charge in [-0.25, -0.2) is 5.10 Å². The molecule has 0 radical (unpaired) electrons. The average molecular weight is 195 g/mol. The Kier molecular flexibility index (Phi) is 4.29. The second-order valence-electron chi connectivity index (χ2n) is 3.52. The Morgan fingerprint density at radius 3 is 2.71 bits per heavy atom. The molecule has 4 nitrogen and oxygen atoms in total. The molecule has 0 bridgehead atoms. The van der Waals surface area contributed by atoms with E-state index < -0.39 is 0 Å². The zero-order valence-electron chi connectivity index (χ0n) is 8.84. The Hall–Kier alpha value is -1.19. The topological polar surface area (TPSA) is 58.6 Å². The van der Waals surface area contributed by atoms with Gasteiger partial charge in [-0.2, -0.15) is 0 Å². The minimum Gasteiger partial charge on any atom is -0.268 e. The first kappa shape index (κ1) is 10.9. The van der Waals surface area contributed by atoms with Gasteiger partial charge in [0.25, 0.3) is 5.56 Å². The van der Waals surface area contributed by atoms with Crippen LogP contribution in [0.15, 0.2) is 4.79 Å². The average Bonchev–Trinajstić information content (AvgIpc) is 2.16. The van der Waals surface area contributed by atoms with Crippen molar-refractivity contribution in [3.05, 3.63) is 21.6 Å². The number of rotatable bonds is 5. The summed E-state index contributed by atoms with van der Waals surface area (Å²) in [7, 11) is 0. The first-order chi connectivity index (χ1) is 6.75. The lowest BCUT2D eigenvalue weighted by Gasteiger charge is -2.01. The van der Waals surface area contributed by atoms with E-state index in [0.29, 0.717) is 0 Å². The lowest BCUT2D eigenvalue weighted by Crippen LogP contribution is -2.17. The molecule has 0 aliphatic rings. The molecule has 0 aromatic carbocycles. The maximum absolute atomic E-state index is 11.3. The number of aromatic nitrogens is 3. The summed E-state index contributed by atoms with van der Waals surface area (Å²) in [6.45, 7) is 4.00. The van der Waals surface area contributed by atoms with Crippen LogP contribution in [0.25, 0.3) is 0 Å². The second-order valence-corrected chi connectivity index (χ2v) is 3.52. The van der Waals surface area contributed by atoms with E-state index in [1.807, 2.05) is 6.92 Å². The van der Waals surface area contributed by atoms with E-state index in [-0.39, 0.29) is 5.56 Å². The molecule has 0 fully saturated rings. The summed E-state index contributed by atoms with van der Waals surface area (Å²) in [5, 5.41) is 9.70. The van der Waals surface area contributed by atoms with Crippen molar-refractivity contribution in [3.8, 4) is 0 Å². The van der Waals surface area contributed by atoms with Crippen LogP contribution >= 0.6 is 0 Å². The Morgan fingerprint density at radius 2 is 2.07 bits per heavy atom. The van der Waals surface area contributed by atoms with Gasteiger partial charge in [0.1, 0.15) is 0 Å². The number of unbranched alkanes of at least 4 members (excludes halogenated alkanes) is 3. The number of hydrogen-bond donors (Lipinski definition) is 1. The van der Waals surface area contributed by atoms with Gasteiger partial charge in [0.05, 0.1) is 5.69 Å². The lowest BCUT2D eigenvalue weighted by molar-refractivity contribution is 0.654. The van der Waals surface area contributed by atoms with Crippen molar-refractivity contribution in [2.45, 2.75) is 46.0 Å². The second kappa shape index (κ2) is 5.52. The molecule has 0 spiro atoms. The van der Waals surface area contributed by atoms with Crippen LogP contribution in [0.1, 0.15) is 43.9 Å². The molecule has 1 rings (SSSR count). The number of H-pyrrole nitrogens is 1. The Morgan fingerprint density at radius 1 is 1.29 bits per heavy atom. The van der Waals surface area contributed by atoms with Gasteiger partial charge in [0, 0.05) is 5.56 Å². The van der Waals surface area contributed by atoms with Gasteiger partial charge < -0.3 is 0 Å². The van der Waals surface area contributed by atoms with E-state index in [1.54, 1.807) is 0 Å². The SMILES string of the molecule is CCCCCCc1c(C)nn[nH]c1=O. The molecule has 0 unspecified atom stereocenters. The van der Waals surface area contributed by atoms with Crippen molar-refractivity contribution in [1.29, 1.82) is 0 Å². The van der Waals surface area contributed by atoms with Crippen LogP contribution in [0.3, 0.4) is 0 Å². The molecule has 14 heavy (non-hydrogen) atoms. The van der Waals surface area contributed by atoms with E-state index >= 15 is 0 Å². The van der Waals surface area contributed by atoms with Crippen LogP contribution in [-0.2, 0) is 6.42 Å². The summed E-state index contributed by atoms with van der Waals surface area (Å²) in [4.78, 5) is 11.3. The van der Waals surface area contributed by atoms with Crippen molar-refractivity contribution in [2.24, 2.45) is 0 Å². The molecule has 1 aromatic heterocycles. The molecule has 1 N–H and O–H groups in total. The molecule has 1 heterocycles. The maximum Gasteiger partial charge on any atom is 0.270 e. The quantitative estimate of drug-likeness (QED) is 0.726. The molecule has 78 valence electrons. The molecule has 1 aromatic rings. The predicted octanol–water partition coefficient (Wildman–Crippen LogP) is 1.60. The van der Waals surface area contributed by atoms with Crippen LogP contribution in [0.2, 0.25) is 0 Å². The summed E-state index contributed by atoms with van der Waals surface area (Å²) in [5.74, 6) is 0. The summed E-state index contributed by atoms with van der Waals surface area (Å²) < 4.78 is 0. The van der Waals surface area contributed by atoms with Gasteiger partial charge in [0.15, 0.2) is 0 Å². The van der Waals surface area contributed by atoms with E-state index in [4.69, 9.17) is 0 Å². The molecule has 0 saturated heterocycles. The molecular weight excluding hydrogens is 178 g/mol. The van der Waals surface area contributed by atoms with Crippen molar-refractivity contribution in [1.82, 2.24) is 15.4 Å². The van der Waals surface area contributed by atoms with E-state index in [0.717, 1.165) is 24.1 Å². The zero-order valence-corrected chi connectivity index (χ0v) is 8.84. The maximum atomic E-state index is 11.3. The largest absolute Gasteiger partial charge is 0.270 e. The fourth-order valence-corrected chi connectivity index (χ4v) is 1.46.